The van der Waals surface area contributed by atoms with Gasteiger partial charge in [-0.25, -0.2) is 8.42 Å². The van der Waals surface area contributed by atoms with Crippen LogP contribution in [0, 0.1) is 0 Å². The summed E-state index contributed by atoms with van der Waals surface area (Å²) in [4.78, 5) is -0.0453. The van der Waals surface area contributed by atoms with Gasteiger partial charge in [0.1, 0.15) is 28.4 Å². The molecule has 3 aromatic rings. The fourth-order valence-corrected chi connectivity index (χ4v) is 6.79. The van der Waals surface area contributed by atoms with Crippen molar-refractivity contribution in [3.8, 4) is 5.75 Å². The van der Waals surface area contributed by atoms with Crippen LogP contribution in [0.1, 0.15) is 46.1 Å². The molecule has 6 nitrogen and oxygen atoms in total. The molecule has 9 heteroatoms. The number of fused-ring (bicyclic) bond motifs is 1. The van der Waals surface area contributed by atoms with E-state index in [-0.39, 0.29) is 32.8 Å². The van der Waals surface area contributed by atoms with Gasteiger partial charge in [-0.3, -0.25) is 0 Å². The van der Waals surface area contributed by atoms with E-state index in [0.717, 1.165) is 6.42 Å². The summed E-state index contributed by atoms with van der Waals surface area (Å²) in [5.74, 6) is 0.225. The molecule has 0 amide bonds. The Morgan fingerprint density at radius 2 is 1.63 bits per heavy atom. The second-order valence-corrected chi connectivity index (χ2v) is 12.8. The standard InChI is InChI=1S/C29H38Cl2N2O4S/c1-5-15-33(16-6-2)38(35,36)26-14-13-25(27(30)28(26)31)37-20-24(34)19-32-29(3,4)18-21-11-12-22-9-7-8-10-23(22)17-21/h7-14,17,24,32,34H,5-6,15-16,18-20H2,1-4H3/t24-/m1/s1. The molecule has 3 aromatic carbocycles. The van der Waals surface area contributed by atoms with Crippen LogP contribution >= 0.6 is 23.2 Å². The Kier molecular flexibility index (Phi) is 10.9. The van der Waals surface area contributed by atoms with Crippen molar-refractivity contribution >= 4 is 44.0 Å². The molecule has 1 atom stereocenters. The molecule has 0 spiro atoms. The summed E-state index contributed by atoms with van der Waals surface area (Å²) in [6, 6.07) is 17.6. The lowest BCUT2D eigenvalue weighted by Gasteiger charge is -2.28. The summed E-state index contributed by atoms with van der Waals surface area (Å²) in [6.45, 7) is 9.11. The number of β-amino-alcohol motifs (C(OH)–C–C–N with tert-alkyl or cyclic N) is 1. The fraction of sp³-hybridized carbons (Fsp3) is 0.448. The number of hydrogen-bond donors (Lipinski definition) is 2. The average molecular weight is 582 g/mol. The van der Waals surface area contributed by atoms with Crippen LogP contribution < -0.4 is 10.1 Å². The summed E-state index contributed by atoms with van der Waals surface area (Å²) in [6.07, 6.45) is 1.36. The molecule has 38 heavy (non-hydrogen) atoms. The zero-order valence-electron chi connectivity index (χ0n) is 22.5. The van der Waals surface area contributed by atoms with Gasteiger partial charge in [0.15, 0.2) is 0 Å². The van der Waals surface area contributed by atoms with Gasteiger partial charge in [0.2, 0.25) is 10.0 Å². The minimum atomic E-state index is -3.79. The second kappa shape index (κ2) is 13.5. The zero-order chi connectivity index (χ0) is 27.9. The van der Waals surface area contributed by atoms with E-state index in [2.05, 4.69) is 49.5 Å². The van der Waals surface area contributed by atoms with Crippen LogP contribution in [0.4, 0.5) is 0 Å². The lowest BCUT2D eigenvalue weighted by Crippen LogP contribution is -2.46. The molecule has 0 saturated heterocycles. The van der Waals surface area contributed by atoms with Crippen molar-refractivity contribution in [1.29, 1.82) is 0 Å². The van der Waals surface area contributed by atoms with Crippen molar-refractivity contribution in [3.63, 3.8) is 0 Å². The summed E-state index contributed by atoms with van der Waals surface area (Å²) in [7, 11) is -3.79. The number of hydrogen-bond acceptors (Lipinski definition) is 5. The Morgan fingerprint density at radius 1 is 0.974 bits per heavy atom. The number of ether oxygens (including phenoxy) is 1. The molecule has 0 unspecified atom stereocenters. The molecular weight excluding hydrogens is 543 g/mol. The van der Waals surface area contributed by atoms with Gasteiger partial charge in [-0.1, -0.05) is 79.5 Å². The molecule has 3 rings (SSSR count). The van der Waals surface area contributed by atoms with E-state index in [1.807, 2.05) is 26.0 Å². The van der Waals surface area contributed by atoms with E-state index in [1.165, 1.54) is 32.8 Å². The van der Waals surface area contributed by atoms with Crippen LogP contribution in [0.25, 0.3) is 10.8 Å². The van der Waals surface area contributed by atoms with Gasteiger partial charge in [0, 0.05) is 25.2 Å². The van der Waals surface area contributed by atoms with Crippen molar-refractivity contribution in [1.82, 2.24) is 9.62 Å². The Bertz CT molecular complexity index is 1330. The van der Waals surface area contributed by atoms with Crippen molar-refractivity contribution < 1.29 is 18.3 Å². The van der Waals surface area contributed by atoms with Crippen LogP contribution in [0.2, 0.25) is 10.0 Å². The van der Waals surface area contributed by atoms with Crippen LogP contribution in [0.5, 0.6) is 5.75 Å². The predicted molar refractivity (Wildman–Crippen MR) is 157 cm³/mol. The van der Waals surface area contributed by atoms with Crippen LogP contribution in [-0.2, 0) is 16.4 Å². The summed E-state index contributed by atoms with van der Waals surface area (Å²) in [5, 5.41) is 16.3. The first-order valence-corrected chi connectivity index (χ1v) is 15.2. The third-order valence-electron chi connectivity index (χ3n) is 6.28. The maximum Gasteiger partial charge on any atom is 0.244 e. The van der Waals surface area contributed by atoms with Crippen molar-refractivity contribution in [2.75, 3.05) is 26.2 Å². The number of aliphatic hydroxyl groups excluding tert-OH is 1. The van der Waals surface area contributed by atoms with Crippen molar-refractivity contribution in [2.45, 2.75) is 63.5 Å². The first-order chi connectivity index (χ1) is 18.0. The Morgan fingerprint density at radius 3 is 2.29 bits per heavy atom. The largest absolute Gasteiger partial charge is 0.489 e. The maximum absolute atomic E-state index is 13.1. The molecule has 0 aliphatic heterocycles. The monoisotopic (exact) mass is 580 g/mol. The SMILES string of the molecule is CCCN(CCC)S(=O)(=O)c1ccc(OC[C@H](O)CNC(C)(C)Cc2ccc3ccccc3c2)c(Cl)c1Cl. The second-order valence-electron chi connectivity index (χ2n) is 10.2. The minimum absolute atomic E-state index is 0.0116. The third kappa shape index (κ3) is 7.84. The third-order valence-corrected chi connectivity index (χ3v) is 9.20. The highest BCUT2D eigenvalue weighted by Crippen LogP contribution is 2.38. The molecule has 0 saturated carbocycles. The average Bonchev–Trinajstić information content (AvgIpc) is 2.87. The number of nitrogens with zero attached hydrogens (tertiary/aromatic N) is 1. The number of nitrogens with one attached hydrogen (secondary N) is 1. The molecule has 0 aliphatic rings. The van der Waals surface area contributed by atoms with E-state index in [1.54, 1.807) is 0 Å². The van der Waals surface area contributed by atoms with Crippen molar-refractivity contribution in [3.05, 3.63) is 70.2 Å². The lowest BCUT2D eigenvalue weighted by atomic mass is 9.93. The quantitative estimate of drug-likeness (QED) is 0.233. The number of halogens is 2. The van der Waals surface area contributed by atoms with Gasteiger partial charge >= 0.3 is 0 Å². The number of aliphatic hydroxyl groups is 1. The molecule has 0 bridgehead atoms. The Balaban J connectivity index is 1.59. The predicted octanol–water partition coefficient (Wildman–Crippen LogP) is 6.31. The molecule has 0 heterocycles. The highest BCUT2D eigenvalue weighted by Gasteiger charge is 2.28. The van der Waals surface area contributed by atoms with Crippen LogP contribution in [-0.4, -0.2) is 55.7 Å². The fourth-order valence-electron chi connectivity index (χ4n) is 4.38. The van der Waals surface area contributed by atoms with Gasteiger partial charge in [0.25, 0.3) is 0 Å². The van der Waals surface area contributed by atoms with Gasteiger partial charge in [-0.15, -0.1) is 0 Å². The van der Waals surface area contributed by atoms with E-state index in [4.69, 9.17) is 27.9 Å². The lowest BCUT2D eigenvalue weighted by molar-refractivity contribution is 0.0988. The Hall–Kier alpha value is -1.87. The molecule has 2 N–H and O–H groups in total. The summed E-state index contributed by atoms with van der Waals surface area (Å²) >= 11 is 12.8. The van der Waals surface area contributed by atoms with Gasteiger partial charge in [-0.2, -0.15) is 4.31 Å². The van der Waals surface area contributed by atoms with E-state index >= 15 is 0 Å². The molecule has 0 aromatic heterocycles. The number of rotatable bonds is 14. The van der Waals surface area contributed by atoms with Gasteiger partial charge in [0.05, 0.1) is 5.02 Å². The molecule has 0 fully saturated rings. The normalized spacial score (nSPS) is 13.3. The molecule has 208 valence electrons. The Labute approximate surface area is 236 Å². The topological polar surface area (TPSA) is 78.9 Å². The van der Waals surface area contributed by atoms with Crippen molar-refractivity contribution in [2.24, 2.45) is 0 Å². The molecule has 0 radical (unpaired) electrons. The maximum atomic E-state index is 13.1. The first kappa shape index (κ1) is 30.7. The van der Waals surface area contributed by atoms with E-state index < -0.39 is 16.1 Å². The summed E-state index contributed by atoms with van der Waals surface area (Å²) < 4.78 is 33.4. The highest BCUT2D eigenvalue weighted by atomic mass is 35.5. The van der Waals surface area contributed by atoms with E-state index in [0.29, 0.717) is 32.5 Å². The van der Waals surface area contributed by atoms with Crippen LogP contribution in [0.3, 0.4) is 0 Å². The van der Waals surface area contributed by atoms with E-state index in [9.17, 15) is 13.5 Å². The van der Waals surface area contributed by atoms with Crippen LogP contribution in [0.15, 0.2) is 59.5 Å². The first-order valence-electron chi connectivity index (χ1n) is 13.0. The molecular formula is C29H38Cl2N2O4S. The van der Waals surface area contributed by atoms with Gasteiger partial charge in [-0.05, 0) is 61.6 Å². The summed E-state index contributed by atoms with van der Waals surface area (Å²) in [5.41, 5.74) is 0.948. The minimum Gasteiger partial charge on any atom is -0.489 e. The smallest absolute Gasteiger partial charge is 0.244 e. The number of sulfonamides is 1. The highest BCUT2D eigenvalue weighted by molar-refractivity contribution is 7.89. The molecule has 0 aliphatic carbocycles. The van der Waals surface area contributed by atoms with Gasteiger partial charge < -0.3 is 15.2 Å². The zero-order valence-corrected chi connectivity index (χ0v) is 24.8. The number of benzene rings is 3.